The van der Waals surface area contributed by atoms with Gasteiger partial charge >= 0.3 is 107 Å². The average Bonchev–Trinajstić information content (AvgIpc) is 2.71. The first kappa shape index (κ1) is 41.9. The molecule has 0 aliphatic carbocycles. The number of alkyl halides is 25. The number of carbonyl (C=O) groups is 1. The molecule has 0 aliphatic heterocycles. The fraction of sp³-hybridized carbons (Fsp3) is 0.923. The zero-order chi connectivity index (χ0) is 33.6. The van der Waals surface area contributed by atoms with Gasteiger partial charge in [-0.3, -0.25) is 0 Å². The number of carboxylic acid groups (broad SMARTS) is 1. The Kier molecular flexibility index (Phi) is 10.3. The second-order valence-corrected chi connectivity index (χ2v) is 7.12. The van der Waals surface area contributed by atoms with Crippen molar-refractivity contribution in [2.45, 2.75) is 71.3 Å². The van der Waals surface area contributed by atoms with E-state index < -0.39 is 77.3 Å². The van der Waals surface area contributed by atoms with Crippen LogP contribution in [0.5, 0.6) is 0 Å². The molecule has 41 heavy (non-hydrogen) atoms. The Morgan fingerprint density at radius 1 is 0.341 bits per heavy atom. The van der Waals surface area contributed by atoms with Gasteiger partial charge in [-0.15, -0.1) is 0 Å². The summed E-state index contributed by atoms with van der Waals surface area (Å²) < 4.78 is 326. The second-order valence-electron chi connectivity index (χ2n) is 7.12. The first-order valence-electron chi connectivity index (χ1n) is 8.15. The van der Waals surface area contributed by atoms with Crippen LogP contribution in [0.2, 0.25) is 0 Å². The van der Waals surface area contributed by atoms with Crippen molar-refractivity contribution in [3.63, 3.8) is 0 Å². The van der Waals surface area contributed by atoms with Crippen molar-refractivity contribution < 1.29 is 151 Å². The van der Waals surface area contributed by atoms with Crippen LogP contribution in [0.25, 0.3) is 0 Å². The number of halogens is 25. The third-order valence-electron chi connectivity index (χ3n) is 4.57. The number of aliphatic carboxylic acids is 1. The molecule has 28 heteroatoms. The minimum Gasteiger partial charge on any atom is -1.00 e. The SMILES string of the molecule is O=C(O)C(F)(F)C(F)(F)C(F)(F)C(F)(F)C(F)(F)C(F)(F)C(F)(F)C(F)(F)C(F)(F)C(F)(F)C(F)(F)C(F)(F)F.[H-].[Na+]. The van der Waals surface area contributed by atoms with Gasteiger partial charge in [-0.05, 0) is 0 Å². The molecule has 242 valence electrons. The van der Waals surface area contributed by atoms with Crippen LogP contribution in [-0.4, -0.2) is 82.4 Å². The van der Waals surface area contributed by atoms with Crippen LogP contribution in [0.15, 0.2) is 0 Å². The van der Waals surface area contributed by atoms with Gasteiger partial charge in [0.15, 0.2) is 0 Å². The van der Waals surface area contributed by atoms with E-state index in [-0.39, 0.29) is 31.0 Å². The van der Waals surface area contributed by atoms with Crippen molar-refractivity contribution in [1.29, 1.82) is 0 Å². The molecule has 0 unspecified atom stereocenters. The van der Waals surface area contributed by atoms with Crippen molar-refractivity contribution in [2.75, 3.05) is 0 Å². The van der Waals surface area contributed by atoms with Gasteiger partial charge in [-0.2, -0.15) is 110 Å². The predicted octanol–water partition coefficient (Wildman–Crippen LogP) is 4.74. The van der Waals surface area contributed by atoms with Gasteiger partial charge in [0.05, 0.1) is 0 Å². The summed E-state index contributed by atoms with van der Waals surface area (Å²) in [5.74, 6) is -105. The maximum absolute atomic E-state index is 13.5. The zero-order valence-electron chi connectivity index (χ0n) is 18.8. The molecule has 0 saturated heterocycles. The molecule has 0 atom stereocenters. The molecule has 0 rings (SSSR count). The number of hydrogen-bond donors (Lipinski definition) is 1. The number of carboxylic acids is 1. The van der Waals surface area contributed by atoms with Gasteiger partial charge in [-0.1, -0.05) is 0 Å². The second kappa shape index (κ2) is 10.1. The molecule has 0 bridgehead atoms. The van der Waals surface area contributed by atoms with E-state index in [1.165, 1.54) is 0 Å². The molecule has 2 nitrogen and oxygen atoms in total. The monoisotopic (exact) mass is 688 g/mol. The van der Waals surface area contributed by atoms with Gasteiger partial charge < -0.3 is 6.53 Å². The van der Waals surface area contributed by atoms with Gasteiger partial charge in [0, 0.05) is 0 Å². The van der Waals surface area contributed by atoms with Crippen molar-refractivity contribution in [2.24, 2.45) is 0 Å². The van der Waals surface area contributed by atoms with E-state index in [1.54, 1.807) is 0 Å². The van der Waals surface area contributed by atoms with Gasteiger partial charge in [0.1, 0.15) is 0 Å². The Balaban J connectivity index is -0.00000760. The van der Waals surface area contributed by atoms with E-state index >= 15 is 0 Å². The maximum atomic E-state index is 13.5. The smallest absolute Gasteiger partial charge is 1.00 e. The Morgan fingerprint density at radius 3 is 0.634 bits per heavy atom. The minimum atomic E-state index is -9.68. The quantitative estimate of drug-likeness (QED) is 0.252. The first-order chi connectivity index (χ1) is 16.7. The number of hydrogen-bond acceptors (Lipinski definition) is 1. The summed E-state index contributed by atoms with van der Waals surface area (Å²) in [5.41, 5.74) is 0. The summed E-state index contributed by atoms with van der Waals surface area (Å²) in [5, 5.41) is 7.63. The standard InChI is InChI=1S/C13HF25O2.Na.H/c14-2(15,1(39)40)3(16,17)4(18,19)5(20,21)6(22,23)7(24,25)8(26,27)9(28,29)10(30,31)11(32,33)12(34,35)13(36,37)38;;/h(H,39,40);;/q;+1;-1. The normalized spacial score (nSPS) is 16.4. The van der Waals surface area contributed by atoms with E-state index in [0.29, 0.717) is 0 Å². The Bertz CT molecular complexity index is 983. The molecule has 0 fully saturated rings. The fourth-order valence-corrected chi connectivity index (χ4v) is 2.09. The molecule has 0 heterocycles. The summed E-state index contributed by atoms with van der Waals surface area (Å²) in [6.07, 6.45) is -8.20. The van der Waals surface area contributed by atoms with Crippen LogP contribution in [0.1, 0.15) is 1.43 Å². The van der Waals surface area contributed by atoms with Crippen LogP contribution in [0.4, 0.5) is 110 Å². The summed E-state index contributed by atoms with van der Waals surface area (Å²) in [7, 11) is 0. The average molecular weight is 688 g/mol. The third kappa shape index (κ3) is 4.85. The van der Waals surface area contributed by atoms with E-state index in [2.05, 4.69) is 0 Å². The zero-order valence-corrected chi connectivity index (χ0v) is 19.8. The van der Waals surface area contributed by atoms with E-state index in [4.69, 9.17) is 5.11 Å². The summed E-state index contributed by atoms with van der Waals surface area (Å²) in [4.78, 5) is 9.88. The molecule has 0 aromatic rings. The first-order valence-corrected chi connectivity index (χ1v) is 8.15. The number of rotatable bonds is 11. The fourth-order valence-electron chi connectivity index (χ4n) is 2.09. The topological polar surface area (TPSA) is 37.3 Å². The van der Waals surface area contributed by atoms with E-state index in [9.17, 15) is 115 Å². The van der Waals surface area contributed by atoms with Crippen LogP contribution in [0.3, 0.4) is 0 Å². The van der Waals surface area contributed by atoms with Crippen LogP contribution >= 0.6 is 0 Å². The largest absolute Gasteiger partial charge is 1.00 e. The van der Waals surface area contributed by atoms with Gasteiger partial charge in [-0.25, -0.2) is 4.79 Å². The predicted molar refractivity (Wildman–Crippen MR) is 69.2 cm³/mol. The Morgan fingerprint density at radius 2 is 0.488 bits per heavy atom. The van der Waals surface area contributed by atoms with Gasteiger partial charge in [0.25, 0.3) is 0 Å². The third-order valence-corrected chi connectivity index (χ3v) is 4.57. The van der Waals surface area contributed by atoms with Crippen molar-refractivity contribution in [3.8, 4) is 0 Å². The van der Waals surface area contributed by atoms with E-state index in [0.717, 1.165) is 0 Å². The van der Waals surface area contributed by atoms with Crippen molar-refractivity contribution in [1.82, 2.24) is 0 Å². The van der Waals surface area contributed by atoms with Crippen molar-refractivity contribution >= 4 is 5.97 Å². The van der Waals surface area contributed by atoms with Crippen LogP contribution < -0.4 is 29.6 Å². The van der Waals surface area contributed by atoms with Crippen LogP contribution in [0, 0.1) is 0 Å². The van der Waals surface area contributed by atoms with Gasteiger partial charge in [0.2, 0.25) is 0 Å². The van der Waals surface area contributed by atoms with E-state index in [1.807, 2.05) is 0 Å². The molecule has 1 N–H and O–H groups in total. The molecule has 0 aromatic carbocycles. The molecule has 0 radical (unpaired) electrons. The van der Waals surface area contributed by atoms with Crippen molar-refractivity contribution in [3.05, 3.63) is 0 Å². The van der Waals surface area contributed by atoms with Crippen LogP contribution in [-0.2, 0) is 4.79 Å². The molecule has 0 spiro atoms. The molecule has 0 aromatic heterocycles. The Hall–Kier alpha value is -1.28. The molecular formula is C13H2F25NaO2. The molecule has 0 amide bonds. The summed E-state index contributed by atoms with van der Waals surface area (Å²) >= 11 is 0. The molecule has 0 saturated carbocycles. The Labute approximate surface area is 228 Å². The molecule has 0 aliphatic rings. The summed E-state index contributed by atoms with van der Waals surface area (Å²) in [6, 6.07) is 0. The summed E-state index contributed by atoms with van der Waals surface area (Å²) in [6.45, 7) is 0. The molecular weight excluding hydrogens is 686 g/mol. The minimum absolute atomic E-state index is 0. The maximum Gasteiger partial charge on any atom is 1.00 e.